The molecule has 1 heterocycles. The predicted molar refractivity (Wildman–Crippen MR) is 65.8 cm³/mol. The number of ether oxygens (including phenoxy) is 1. The second-order valence-electron chi connectivity index (χ2n) is 3.80. The Labute approximate surface area is 111 Å². The maximum absolute atomic E-state index is 12.9. The van der Waals surface area contributed by atoms with Crippen molar-refractivity contribution in [2.45, 2.75) is 19.3 Å². The molecular weight excluding hydrogens is 277 g/mol. The standard InChI is InChI=1S/C12H11F3N2OS/c13-12(14,15)10-3-8(4-16)1-2-11(10)18-5-9-6-19-7-17-9/h1-3,6-7H,4-5,16H2. The van der Waals surface area contributed by atoms with Crippen LogP contribution in [0.3, 0.4) is 0 Å². The maximum Gasteiger partial charge on any atom is 0.419 e. The average Bonchev–Trinajstić information content (AvgIpc) is 2.88. The van der Waals surface area contributed by atoms with Crippen LogP contribution in [-0.4, -0.2) is 4.98 Å². The molecule has 0 bridgehead atoms. The third-order valence-electron chi connectivity index (χ3n) is 2.44. The molecule has 0 saturated carbocycles. The van der Waals surface area contributed by atoms with Crippen molar-refractivity contribution in [3.8, 4) is 5.75 Å². The number of thiazole rings is 1. The van der Waals surface area contributed by atoms with Crippen molar-refractivity contribution in [2.24, 2.45) is 5.73 Å². The third-order valence-corrected chi connectivity index (χ3v) is 3.08. The molecule has 2 aromatic rings. The molecule has 0 atom stereocenters. The summed E-state index contributed by atoms with van der Waals surface area (Å²) < 4.78 is 43.9. The van der Waals surface area contributed by atoms with E-state index in [4.69, 9.17) is 10.5 Å². The van der Waals surface area contributed by atoms with Gasteiger partial charge in [-0.25, -0.2) is 4.98 Å². The Balaban J connectivity index is 2.23. The van der Waals surface area contributed by atoms with Crippen LogP contribution >= 0.6 is 11.3 Å². The molecule has 0 unspecified atom stereocenters. The summed E-state index contributed by atoms with van der Waals surface area (Å²) >= 11 is 1.36. The number of rotatable bonds is 4. The zero-order valence-corrected chi connectivity index (χ0v) is 10.6. The molecule has 2 N–H and O–H groups in total. The summed E-state index contributed by atoms with van der Waals surface area (Å²) in [7, 11) is 0. The van der Waals surface area contributed by atoms with Gasteiger partial charge in [-0.2, -0.15) is 13.2 Å². The highest BCUT2D eigenvalue weighted by atomic mass is 32.1. The molecule has 102 valence electrons. The van der Waals surface area contributed by atoms with Crippen molar-refractivity contribution in [3.05, 3.63) is 45.9 Å². The van der Waals surface area contributed by atoms with Gasteiger partial charge in [0.05, 0.1) is 16.8 Å². The Hall–Kier alpha value is -1.60. The van der Waals surface area contributed by atoms with E-state index in [0.29, 0.717) is 11.3 Å². The summed E-state index contributed by atoms with van der Waals surface area (Å²) in [5, 5.41) is 1.72. The van der Waals surface area contributed by atoms with E-state index in [2.05, 4.69) is 4.98 Å². The predicted octanol–water partition coefficient (Wildman–Crippen LogP) is 3.20. The van der Waals surface area contributed by atoms with Crippen LogP contribution in [0.15, 0.2) is 29.1 Å². The summed E-state index contributed by atoms with van der Waals surface area (Å²) in [5.74, 6) is -0.210. The number of aromatic nitrogens is 1. The number of benzene rings is 1. The lowest BCUT2D eigenvalue weighted by Crippen LogP contribution is -2.10. The van der Waals surface area contributed by atoms with E-state index >= 15 is 0 Å². The van der Waals surface area contributed by atoms with Gasteiger partial charge in [-0.15, -0.1) is 11.3 Å². The lowest BCUT2D eigenvalue weighted by Gasteiger charge is -2.14. The number of nitrogens with zero attached hydrogens (tertiary/aromatic N) is 1. The van der Waals surface area contributed by atoms with Crippen LogP contribution in [0.25, 0.3) is 0 Å². The summed E-state index contributed by atoms with van der Waals surface area (Å²) in [4.78, 5) is 3.95. The normalized spacial score (nSPS) is 11.6. The van der Waals surface area contributed by atoms with Gasteiger partial charge < -0.3 is 10.5 Å². The van der Waals surface area contributed by atoms with Gasteiger partial charge >= 0.3 is 6.18 Å². The molecule has 0 aliphatic heterocycles. The Bertz CT molecular complexity index is 540. The van der Waals surface area contributed by atoms with Crippen molar-refractivity contribution >= 4 is 11.3 Å². The van der Waals surface area contributed by atoms with Crippen LogP contribution in [0, 0.1) is 0 Å². The molecule has 0 radical (unpaired) electrons. The Morgan fingerprint density at radius 2 is 2.11 bits per heavy atom. The van der Waals surface area contributed by atoms with Crippen molar-refractivity contribution in [3.63, 3.8) is 0 Å². The SMILES string of the molecule is NCc1ccc(OCc2cscn2)c(C(F)(F)F)c1. The van der Waals surface area contributed by atoms with Crippen molar-refractivity contribution in [1.29, 1.82) is 0 Å². The zero-order valence-electron chi connectivity index (χ0n) is 9.78. The van der Waals surface area contributed by atoms with Gasteiger partial charge in [0.15, 0.2) is 0 Å². The van der Waals surface area contributed by atoms with Gasteiger partial charge in [0.25, 0.3) is 0 Å². The van der Waals surface area contributed by atoms with E-state index < -0.39 is 11.7 Å². The molecule has 0 aliphatic carbocycles. The molecule has 0 spiro atoms. The van der Waals surface area contributed by atoms with E-state index in [1.54, 1.807) is 10.9 Å². The van der Waals surface area contributed by atoms with Crippen molar-refractivity contribution in [1.82, 2.24) is 4.98 Å². The highest BCUT2D eigenvalue weighted by Gasteiger charge is 2.34. The summed E-state index contributed by atoms with van der Waals surface area (Å²) in [6.45, 7) is 0.0595. The number of nitrogens with two attached hydrogens (primary N) is 1. The first-order valence-electron chi connectivity index (χ1n) is 5.41. The second-order valence-corrected chi connectivity index (χ2v) is 4.52. The van der Waals surface area contributed by atoms with Crippen LogP contribution in [-0.2, 0) is 19.3 Å². The third kappa shape index (κ3) is 3.45. The molecule has 0 aliphatic rings. The average molecular weight is 288 g/mol. The maximum atomic E-state index is 12.9. The quantitative estimate of drug-likeness (QED) is 0.940. The molecule has 0 amide bonds. The molecular formula is C12H11F3N2OS. The highest BCUT2D eigenvalue weighted by Crippen LogP contribution is 2.37. The summed E-state index contributed by atoms with van der Waals surface area (Å²) in [5.41, 5.74) is 7.14. The number of halogens is 3. The fourth-order valence-electron chi connectivity index (χ4n) is 1.51. The molecule has 1 aromatic heterocycles. The first-order valence-corrected chi connectivity index (χ1v) is 6.35. The Kier molecular flexibility index (Phi) is 4.06. The molecule has 7 heteroatoms. The summed E-state index contributed by atoms with van der Waals surface area (Å²) in [6.07, 6.45) is -4.47. The van der Waals surface area contributed by atoms with Crippen LogP contribution in [0.1, 0.15) is 16.8 Å². The van der Waals surface area contributed by atoms with E-state index in [0.717, 1.165) is 6.07 Å². The van der Waals surface area contributed by atoms with E-state index in [-0.39, 0.29) is 18.9 Å². The van der Waals surface area contributed by atoms with E-state index in [1.165, 1.54) is 23.5 Å². The van der Waals surface area contributed by atoms with Gasteiger partial charge in [0.2, 0.25) is 0 Å². The van der Waals surface area contributed by atoms with Gasteiger partial charge in [-0.1, -0.05) is 6.07 Å². The molecule has 19 heavy (non-hydrogen) atoms. The zero-order chi connectivity index (χ0) is 13.9. The minimum atomic E-state index is -4.47. The molecule has 3 nitrogen and oxygen atoms in total. The van der Waals surface area contributed by atoms with Gasteiger partial charge in [-0.3, -0.25) is 0 Å². The van der Waals surface area contributed by atoms with Crippen LogP contribution in [0.2, 0.25) is 0 Å². The number of alkyl halides is 3. The fourth-order valence-corrected chi connectivity index (χ4v) is 2.06. The van der Waals surface area contributed by atoms with Crippen molar-refractivity contribution < 1.29 is 17.9 Å². The monoisotopic (exact) mass is 288 g/mol. The van der Waals surface area contributed by atoms with Crippen LogP contribution < -0.4 is 10.5 Å². The fraction of sp³-hybridized carbons (Fsp3) is 0.250. The molecule has 0 saturated heterocycles. The first-order chi connectivity index (χ1) is 9.00. The van der Waals surface area contributed by atoms with Gasteiger partial charge in [-0.05, 0) is 17.7 Å². The van der Waals surface area contributed by atoms with E-state index in [1.807, 2.05) is 0 Å². The topological polar surface area (TPSA) is 48.1 Å². The smallest absolute Gasteiger partial charge is 0.419 e. The minimum absolute atomic E-state index is 0.00848. The molecule has 0 fully saturated rings. The number of hydrogen-bond acceptors (Lipinski definition) is 4. The molecule has 2 rings (SSSR count). The highest BCUT2D eigenvalue weighted by molar-refractivity contribution is 7.07. The number of hydrogen-bond donors (Lipinski definition) is 1. The minimum Gasteiger partial charge on any atom is -0.487 e. The van der Waals surface area contributed by atoms with Crippen LogP contribution in [0.4, 0.5) is 13.2 Å². The second kappa shape index (κ2) is 5.58. The van der Waals surface area contributed by atoms with Gasteiger partial charge in [0.1, 0.15) is 12.4 Å². The van der Waals surface area contributed by atoms with Gasteiger partial charge in [0, 0.05) is 11.9 Å². The van der Waals surface area contributed by atoms with Crippen molar-refractivity contribution in [2.75, 3.05) is 0 Å². The van der Waals surface area contributed by atoms with E-state index in [9.17, 15) is 13.2 Å². The lowest BCUT2D eigenvalue weighted by atomic mass is 10.1. The summed E-state index contributed by atoms with van der Waals surface area (Å²) in [6, 6.07) is 3.82. The largest absolute Gasteiger partial charge is 0.487 e. The lowest BCUT2D eigenvalue weighted by molar-refractivity contribution is -0.139. The molecule has 1 aromatic carbocycles. The Morgan fingerprint density at radius 1 is 1.32 bits per heavy atom. The first kappa shape index (κ1) is 13.8. The Morgan fingerprint density at radius 3 is 2.68 bits per heavy atom. The van der Waals surface area contributed by atoms with Crippen LogP contribution in [0.5, 0.6) is 5.75 Å².